The first-order valence-electron chi connectivity index (χ1n) is 7.11. The zero-order chi connectivity index (χ0) is 12.7. The smallest absolute Gasteiger partial charge is 0.148 e. The molecule has 1 aromatic carbocycles. The maximum atomic E-state index is 4.80. The largest absolute Gasteiger partial charge is 0.351 e. The zero-order valence-electron chi connectivity index (χ0n) is 11.0. The number of benzene rings is 1. The van der Waals surface area contributed by atoms with Crippen LogP contribution >= 0.6 is 0 Å². The van der Waals surface area contributed by atoms with Crippen LogP contribution in [0.3, 0.4) is 0 Å². The molecule has 1 aromatic heterocycles. The average Bonchev–Trinajstić information content (AvgIpc) is 2.80. The molecule has 3 aliphatic rings. The van der Waals surface area contributed by atoms with E-state index < -0.39 is 0 Å². The lowest BCUT2D eigenvalue weighted by Crippen LogP contribution is -2.38. The van der Waals surface area contributed by atoms with Gasteiger partial charge in [-0.25, -0.2) is 4.98 Å². The van der Waals surface area contributed by atoms with Crippen molar-refractivity contribution in [1.82, 2.24) is 14.9 Å². The Balaban J connectivity index is 1.72. The third-order valence-corrected chi connectivity index (χ3v) is 4.39. The second-order valence-electron chi connectivity index (χ2n) is 5.48. The predicted molar refractivity (Wildman–Crippen MR) is 76.3 cm³/mol. The summed E-state index contributed by atoms with van der Waals surface area (Å²) in [5, 5.41) is 0. The van der Waals surface area contributed by atoms with E-state index in [1.54, 1.807) is 0 Å². The number of fused-ring (bicyclic) bond motifs is 5. The van der Waals surface area contributed by atoms with Gasteiger partial charge in [0.1, 0.15) is 5.82 Å². The fraction of sp³-hybridized carbons (Fsp3) is 0.467. The Morgan fingerprint density at radius 3 is 2.58 bits per heavy atom. The van der Waals surface area contributed by atoms with Gasteiger partial charge in [-0.05, 0) is 25.0 Å². The summed E-state index contributed by atoms with van der Waals surface area (Å²) in [6.45, 7) is 4.72. The molecule has 0 atom stereocenters. The van der Waals surface area contributed by atoms with E-state index in [4.69, 9.17) is 4.98 Å². The Labute approximate surface area is 113 Å². The first-order chi connectivity index (χ1) is 9.40. The third kappa shape index (κ3) is 1.96. The molecular weight excluding hydrogens is 236 g/mol. The normalized spacial score (nSPS) is 26.6. The third-order valence-electron chi connectivity index (χ3n) is 4.39. The number of nitrogens with zero attached hydrogens (tertiary/aromatic N) is 4. The van der Waals surface area contributed by atoms with Crippen molar-refractivity contribution < 1.29 is 0 Å². The lowest BCUT2D eigenvalue weighted by atomic mass is 10.1. The van der Waals surface area contributed by atoms with Crippen LogP contribution in [0.15, 0.2) is 30.5 Å². The fourth-order valence-electron chi connectivity index (χ4n) is 3.27. The number of para-hydroxylation sites is 2. The van der Waals surface area contributed by atoms with Gasteiger partial charge in [0.05, 0.1) is 17.2 Å². The van der Waals surface area contributed by atoms with Gasteiger partial charge in [-0.2, -0.15) is 0 Å². The maximum absolute atomic E-state index is 4.80. The van der Waals surface area contributed by atoms with Crippen LogP contribution in [-0.4, -0.2) is 47.1 Å². The van der Waals surface area contributed by atoms with E-state index >= 15 is 0 Å². The highest BCUT2D eigenvalue weighted by molar-refractivity contribution is 5.75. The van der Waals surface area contributed by atoms with Gasteiger partial charge in [-0.1, -0.05) is 12.1 Å². The van der Waals surface area contributed by atoms with Gasteiger partial charge in [-0.15, -0.1) is 0 Å². The van der Waals surface area contributed by atoms with Gasteiger partial charge in [0, 0.05) is 32.2 Å². The molecule has 3 aliphatic heterocycles. The molecule has 0 saturated carbocycles. The van der Waals surface area contributed by atoms with Crippen LogP contribution in [0.2, 0.25) is 0 Å². The van der Waals surface area contributed by atoms with Crippen LogP contribution in [0.5, 0.6) is 0 Å². The Hall–Kier alpha value is -1.68. The topological polar surface area (TPSA) is 32.3 Å². The predicted octanol–water partition coefficient (Wildman–Crippen LogP) is 1.91. The Kier molecular flexibility index (Phi) is 2.62. The Bertz CT molecular complexity index is 589. The minimum absolute atomic E-state index is 0.647. The van der Waals surface area contributed by atoms with Crippen molar-refractivity contribution in [2.75, 3.05) is 31.1 Å². The van der Waals surface area contributed by atoms with E-state index in [1.807, 2.05) is 30.5 Å². The Morgan fingerprint density at radius 2 is 1.74 bits per heavy atom. The highest BCUT2D eigenvalue weighted by Crippen LogP contribution is 2.25. The number of aromatic nitrogens is 2. The zero-order valence-corrected chi connectivity index (χ0v) is 11.0. The fourth-order valence-corrected chi connectivity index (χ4v) is 3.27. The molecule has 0 amide bonds. The summed E-state index contributed by atoms with van der Waals surface area (Å²) in [5.41, 5.74) is 1.98. The van der Waals surface area contributed by atoms with Gasteiger partial charge >= 0.3 is 0 Å². The van der Waals surface area contributed by atoms with Gasteiger partial charge in [0.15, 0.2) is 0 Å². The molecule has 3 saturated heterocycles. The van der Waals surface area contributed by atoms with Gasteiger partial charge < -0.3 is 9.80 Å². The van der Waals surface area contributed by atoms with Gasteiger partial charge in [0.2, 0.25) is 0 Å². The minimum Gasteiger partial charge on any atom is -0.351 e. The highest BCUT2D eigenvalue weighted by Gasteiger charge is 2.29. The van der Waals surface area contributed by atoms with Crippen molar-refractivity contribution in [1.29, 1.82) is 0 Å². The average molecular weight is 254 g/mol. The molecule has 19 heavy (non-hydrogen) atoms. The number of hydrogen-bond acceptors (Lipinski definition) is 4. The van der Waals surface area contributed by atoms with Crippen LogP contribution < -0.4 is 4.90 Å². The van der Waals surface area contributed by atoms with E-state index in [0.717, 1.165) is 29.9 Å². The molecule has 0 unspecified atom stereocenters. The number of piperidine rings is 1. The summed E-state index contributed by atoms with van der Waals surface area (Å²) in [6.07, 6.45) is 4.46. The second kappa shape index (κ2) is 4.46. The van der Waals surface area contributed by atoms with Crippen molar-refractivity contribution >= 4 is 16.9 Å². The molecule has 0 aliphatic carbocycles. The highest BCUT2D eigenvalue weighted by atomic mass is 15.3. The van der Waals surface area contributed by atoms with Crippen molar-refractivity contribution in [2.24, 2.45) is 0 Å². The SMILES string of the molecule is c1ccc2nc(N3CCN4CCC3CC4)cnc2c1. The number of anilines is 1. The summed E-state index contributed by atoms with van der Waals surface area (Å²) >= 11 is 0. The molecule has 5 rings (SSSR count). The summed E-state index contributed by atoms with van der Waals surface area (Å²) < 4.78 is 0. The van der Waals surface area contributed by atoms with E-state index in [-0.39, 0.29) is 0 Å². The summed E-state index contributed by atoms with van der Waals surface area (Å²) in [7, 11) is 0. The monoisotopic (exact) mass is 254 g/mol. The molecule has 2 bridgehead atoms. The van der Waals surface area contributed by atoms with Crippen molar-refractivity contribution in [3.8, 4) is 0 Å². The molecule has 0 spiro atoms. The van der Waals surface area contributed by atoms with E-state index in [1.165, 1.54) is 25.9 Å². The Morgan fingerprint density at radius 1 is 0.947 bits per heavy atom. The minimum atomic E-state index is 0.647. The molecule has 4 heteroatoms. The maximum Gasteiger partial charge on any atom is 0.148 e. The van der Waals surface area contributed by atoms with Crippen molar-refractivity contribution in [2.45, 2.75) is 18.9 Å². The summed E-state index contributed by atoms with van der Waals surface area (Å²) in [4.78, 5) is 14.4. The van der Waals surface area contributed by atoms with E-state index in [0.29, 0.717) is 6.04 Å². The van der Waals surface area contributed by atoms with Crippen LogP contribution in [0, 0.1) is 0 Å². The van der Waals surface area contributed by atoms with E-state index in [2.05, 4.69) is 14.8 Å². The second-order valence-corrected chi connectivity index (χ2v) is 5.48. The van der Waals surface area contributed by atoms with Crippen LogP contribution in [-0.2, 0) is 0 Å². The molecular formula is C15H18N4. The van der Waals surface area contributed by atoms with Gasteiger partial charge in [-0.3, -0.25) is 4.98 Å². The number of rotatable bonds is 1. The molecule has 0 N–H and O–H groups in total. The molecule has 98 valence electrons. The van der Waals surface area contributed by atoms with Crippen LogP contribution in [0.4, 0.5) is 5.82 Å². The molecule has 3 fully saturated rings. The molecule has 0 radical (unpaired) electrons. The first kappa shape index (κ1) is 11.2. The summed E-state index contributed by atoms with van der Waals surface area (Å²) in [6, 6.07) is 8.75. The lowest BCUT2D eigenvalue weighted by molar-refractivity contribution is 0.250. The first-order valence-corrected chi connectivity index (χ1v) is 7.11. The van der Waals surface area contributed by atoms with Gasteiger partial charge in [0.25, 0.3) is 0 Å². The molecule has 2 aromatic rings. The molecule has 4 nitrogen and oxygen atoms in total. The van der Waals surface area contributed by atoms with Crippen molar-refractivity contribution in [3.05, 3.63) is 30.5 Å². The lowest BCUT2D eigenvalue weighted by Gasteiger charge is -2.32. The molecule has 4 heterocycles. The standard InChI is InChI=1S/C15H18N4/c1-2-4-14-13(3-1)16-11-15(17-14)19-10-9-18-7-5-12(19)6-8-18/h1-4,11-12H,5-10H2. The summed E-state index contributed by atoms with van der Waals surface area (Å²) in [5.74, 6) is 1.05. The quantitative estimate of drug-likeness (QED) is 0.778. The van der Waals surface area contributed by atoms with Crippen molar-refractivity contribution in [3.63, 3.8) is 0 Å². The number of hydrogen-bond donors (Lipinski definition) is 0. The van der Waals surface area contributed by atoms with Crippen LogP contribution in [0.1, 0.15) is 12.8 Å². The van der Waals surface area contributed by atoms with E-state index in [9.17, 15) is 0 Å². The van der Waals surface area contributed by atoms with Crippen LogP contribution in [0.25, 0.3) is 11.0 Å².